The Labute approximate surface area is 613 Å². The van der Waals surface area contributed by atoms with Crippen molar-refractivity contribution in [2.75, 3.05) is 39.6 Å². The van der Waals surface area contributed by atoms with Crippen LogP contribution in [0.2, 0.25) is 0 Å². The number of carbonyl (C=O) groups is 4. The number of phosphoric ester groups is 2. The summed E-state index contributed by atoms with van der Waals surface area (Å²) in [6.45, 7) is 14.3. The molecule has 0 radical (unpaired) electrons. The predicted molar refractivity (Wildman–Crippen MR) is 409 cm³/mol. The third-order valence-corrected chi connectivity index (χ3v) is 21.1. The van der Waals surface area contributed by atoms with Crippen LogP contribution >= 0.6 is 15.6 Å². The van der Waals surface area contributed by atoms with Crippen LogP contribution in [0, 0.1) is 23.7 Å². The van der Waals surface area contributed by atoms with Gasteiger partial charge in [0, 0.05) is 25.7 Å². The summed E-state index contributed by atoms with van der Waals surface area (Å²) in [7, 11) is -9.92. The van der Waals surface area contributed by atoms with E-state index in [1.54, 1.807) is 0 Å². The van der Waals surface area contributed by atoms with Gasteiger partial charge in [-0.3, -0.25) is 37.3 Å². The van der Waals surface area contributed by atoms with Gasteiger partial charge in [-0.15, -0.1) is 0 Å². The highest BCUT2D eigenvalue weighted by molar-refractivity contribution is 7.47. The minimum absolute atomic E-state index is 0.106. The van der Waals surface area contributed by atoms with Gasteiger partial charge in [-0.2, -0.15) is 0 Å². The van der Waals surface area contributed by atoms with Gasteiger partial charge in [0.05, 0.1) is 26.4 Å². The molecular weight excluding hydrogens is 1310 g/mol. The van der Waals surface area contributed by atoms with Crippen molar-refractivity contribution >= 4 is 39.5 Å². The highest BCUT2D eigenvalue weighted by Crippen LogP contribution is 2.45. The molecule has 0 aromatic carbocycles. The summed E-state index contributed by atoms with van der Waals surface area (Å²) < 4.78 is 68.7. The molecule has 0 aliphatic carbocycles. The van der Waals surface area contributed by atoms with E-state index in [2.05, 4.69) is 55.4 Å². The number of unbranched alkanes of at least 4 members (excludes halogenated alkanes) is 43. The van der Waals surface area contributed by atoms with Crippen LogP contribution in [0.3, 0.4) is 0 Å². The summed E-state index contributed by atoms with van der Waals surface area (Å²) in [6.07, 6.45) is 56.9. The number of rotatable bonds is 78. The average molecular weight is 1470 g/mol. The van der Waals surface area contributed by atoms with E-state index in [0.717, 1.165) is 120 Å². The average Bonchev–Trinajstić information content (AvgIpc) is 0.980. The first-order valence-electron chi connectivity index (χ1n) is 41.7. The minimum Gasteiger partial charge on any atom is -0.462 e. The molecule has 100 heavy (non-hydrogen) atoms. The molecule has 3 unspecified atom stereocenters. The van der Waals surface area contributed by atoms with Crippen LogP contribution in [-0.4, -0.2) is 96.7 Å². The molecule has 0 fully saturated rings. The second kappa shape index (κ2) is 70.1. The highest BCUT2D eigenvalue weighted by Gasteiger charge is 2.30. The van der Waals surface area contributed by atoms with Gasteiger partial charge in [0.15, 0.2) is 12.2 Å². The SMILES string of the molecule is CCC(C)CCCCCCCCC(=O)OC[C@H](COP(=O)(O)OC[C@H](O)COP(=O)(O)OC[C@@H](COC(=O)CCCCCCCCCCCCCC(C)C)OC(=O)CCCCCCCCCCCCCCCCCCCCC(C)C)OC(=O)CCCCCCCCCCCCCCC(C)C. The van der Waals surface area contributed by atoms with Crippen LogP contribution in [0.25, 0.3) is 0 Å². The van der Waals surface area contributed by atoms with Gasteiger partial charge in [-0.05, 0) is 49.4 Å². The summed E-state index contributed by atoms with van der Waals surface area (Å²) in [5, 5.41) is 10.6. The van der Waals surface area contributed by atoms with E-state index >= 15 is 0 Å². The lowest BCUT2D eigenvalue weighted by Crippen LogP contribution is -2.30. The maximum atomic E-state index is 13.1. The van der Waals surface area contributed by atoms with E-state index in [9.17, 15) is 43.2 Å². The first-order valence-corrected chi connectivity index (χ1v) is 44.7. The summed E-state index contributed by atoms with van der Waals surface area (Å²) in [4.78, 5) is 73.0. The molecule has 594 valence electrons. The van der Waals surface area contributed by atoms with Crippen LogP contribution in [0.5, 0.6) is 0 Å². The Morgan fingerprint density at radius 2 is 0.480 bits per heavy atom. The molecule has 17 nitrogen and oxygen atoms in total. The number of hydrogen-bond acceptors (Lipinski definition) is 15. The first-order chi connectivity index (χ1) is 48.1. The molecule has 0 rings (SSSR count). The van der Waals surface area contributed by atoms with Crippen molar-refractivity contribution in [3.8, 4) is 0 Å². The largest absolute Gasteiger partial charge is 0.472 e. The Hall–Kier alpha value is -1.94. The van der Waals surface area contributed by atoms with E-state index in [-0.39, 0.29) is 25.7 Å². The van der Waals surface area contributed by atoms with E-state index in [1.807, 2.05) is 0 Å². The number of ether oxygens (including phenoxy) is 4. The Kier molecular flexibility index (Phi) is 68.7. The number of aliphatic hydroxyl groups is 1. The Balaban J connectivity index is 5.23. The fourth-order valence-electron chi connectivity index (χ4n) is 12.4. The number of aliphatic hydroxyl groups excluding tert-OH is 1. The van der Waals surface area contributed by atoms with E-state index < -0.39 is 97.5 Å². The Morgan fingerprint density at radius 1 is 0.280 bits per heavy atom. The maximum Gasteiger partial charge on any atom is 0.472 e. The van der Waals surface area contributed by atoms with Crippen LogP contribution in [0.1, 0.15) is 415 Å². The zero-order chi connectivity index (χ0) is 73.8. The molecule has 0 bridgehead atoms. The van der Waals surface area contributed by atoms with Crippen molar-refractivity contribution in [1.29, 1.82) is 0 Å². The smallest absolute Gasteiger partial charge is 0.462 e. The van der Waals surface area contributed by atoms with Gasteiger partial charge in [0.2, 0.25) is 0 Å². The maximum absolute atomic E-state index is 13.1. The highest BCUT2D eigenvalue weighted by atomic mass is 31.2. The molecule has 0 heterocycles. The lowest BCUT2D eigenvalue weighted by Gasteiger charge is -2.21. The summed E-state index contributed by atoms with van der Waals surface area (Å²) in [5.41, 5.74) is 0. The second-order valence-corrected chi connectivity index (χ2v) is 33.7. The van der Waals surface area contributed by atoms with Gasteiger partial charge in [-0.25, -0.2) is 9.13 Å². The topological polar surface area (TPSA) is 237 Å². The number of phosphoric acid groups is 2. The monoisotopic (exact) mass is 1470 g/mol. The van der Waals surface area contributed by atoms with Crippen molar-refractivity contribution in [3.05, 3.63) is 0 Å². The quantitative estimate of drug-likeness (QED) is 0.0222. The van der Waals surface area contributed by atoms with Crippen molar-refractivity contribution in [2.45, 2.75) is 433 Å². The third-order valence-electron chi connectivity index (χ3n) is 19.2. The van der Waals surface area contributed by atoms with Gasteiger partial charge < -0.3 is 33.8 Å². The van der Waals surface area contributed by atoms with Crippen LogP contribution in [0.15, 0.2) is 0 Å². The van der Waals surface area contributed by atoms with Crippen LogP contribution < -0.4 is 0 Å². The lowest BCUT2D eigenvalue weighted by atomic mass is 10.00. The molecule has 19 heteroatoms. The minimum atomic E-state index is -4.96. The van der Waals surface area contributed by atoms with E-state index in [4.69, 9.17) is 37.0 Å². The van der Waals surface area contributed by atoms with Gasteiger partial charge in [0.25, 0.3) is 0 Å². The third kappa shape index (κ3) is 73.0. The molecule has 0 amide bonds. The fourth-order valence-corrected chi connectivity index (χ4v) is 14.0. The van der Waals surface area contributed by atoms with Gasteiger partial charge in [0.1, 0.15) is 19.3 Å². The Bertz CT molecular complexity index is 1960. The number of esters is 4. The summed E-state index contributed by atoms with van der Waals surface area (Å²) >= 11 is 0. The predicted octanol–water partition coefficient (Wildman–Crippen LogP) is 24.0. The molecule has 0 aromatic heterocycles. The normalized spacial score (nSPS) is 14.3. The van der Waals surface area contributed by atoms with Crippen LogP contribution in [-0.2, 0) is 65.4 Å². The fraction of sp³-hybridized carbons (Fsp3) is 0.951. The second-order valence-electron chi connectivity index (χ2n) is 30.8. The number of carbonyl (C=O) groups excluding carboxylic acids is 4. The first kappa shape index (κ1) is 98.1. The lowest BCUT2D eigenvalue weighted by molar-refractivity contribution is -0.161. The molecule has 0 spiro atoms. The molecule has 0 aliphatic rings. The van der Waals surface area contributed by atoms with Crippen molar-refractivity contribution in [2.24, 2.45) is 23.7 Å². The molecule has 0 aliphatic heterocycles. The summed E-state index contributed by atoms with van der Waals surface area (Å²) in [6, 6.07) is 0. The molecule has 6 atom stereocenters. The van der Waals surface area contributed by atoms with Crippen LogP contribution in [0.4, 0.5) is 0 Å². The standard InChI is InChI=1S/C81H158O17P2/c1-9-74(8)60-52-44-39-40-46-54-62-79(84)92-68-77(98-81(86)64-56-48-38-32-25-19-18-22-28-34-42-50-58-72(4)5)70-96-100(89,90)94-66-75(82)65-93-99(87,88)95-69-76(67-91-78(83)61-53-45-36-30-26-20-23-29-35-43-51-59-73(6)7)97-80(85)63-55-47-37-31-24-17-15-13-11-10-12-14-16-21-27-33-41-49-57-71(2)3/h71-77,82H,9-70H2,1-8H3,(H,87,88)(H,89,90)/t74?,75-,76-,77-/m1/s1. The zero-order valence-electron chi connectivity index (χ0n) is 65.8. The van der Waals surface area contributed by atoms with Gasteiger partial charge >= 0.3 is 39.5 Å². The molecule has 0 saturated heterocycles. The molecule has 3 N–H and O–H groups in total. The number of hydrogen-bond donors (Lipinski definition) is 3. The molecule has 0 saturated carbocycles. The van der Waals surface area contributed by atoms with Crippen molar-refractivity contribution in [1.82, 2.24) is 0 Å². The Morgan fingerprint density at radius 3 is 0.710 bits per heavy atom. The summed E-state index contributed by atoms with van der Waals surface area (Å²) in [5.74, 6) is 0.984. The molecule has 0 aromatic rings. The zero-order valence-corrected chi connectivity index (χ0v) is 67.6. The van der Waals surface area contributed by atoms with Crippen molar-refractivity contribution in [3.63, 3.8) is 0 Å². The molecular formula is C81H158O17P2. The van der Waals surface area contributed by atoms with Gasteiger partial charge in [-0.1, -0.05) is 364 Å². The van der Waals surface area contributed by atoms with Crippen molar-refractivity contribution < 1.29 is 80.2 Å². The van der Waals surface area contributed by atoms with E-state index in [0.29, 0.717) is 25.7 Å². The van der Waals surface area contributed by atoms with E-state index in [1.165, 1.54) is 212 Å².